The predicted molar refractivity (Wildman–Crippen MR) is 154 cm³/mol. The first-order chi connectivity index (χ1) is 18.1. The second-order valence-electron chi connectivity index (χ2n) is 10.2. The molecule has 1 aromatic heterocycles. The summed E-state index contributed by atoms with van der Waals surface area (Å²) in [5, 5.41) is 3.42. The lowest BCUT2D eigenvalue weighted by molar-refractivity contribution is 0.155. The predicted octanol–water partition coefficient (Wildman–Crippen LogP) is 5.93. The molecule has 0 bridgehead atoms. The van der Waals surface area contributed by atoms with Crippen LogP contribution in [0.25, 0.3) is 11.3 Å². The van der Waals surface area contributed by atoms with Crippen LogP contribution < -0.4 is 5.32 Å². The van der Waals surface area contributed by atoms with Crippen LogP contribution in [0.1, 0.15) is 28.2 Å². The molecule has 1 saturated heterocycles. The van der Waals surface area contributed by atoms with Crippen molar-refractivity contribution < 1.29 is 4.39 Å². The molecule has 1 aliphatic carbocycles. The largest absolute Gasteiger partial charge is 0.324 e. The van der Waals surface area contributed by atoms with Gasteiger partial charge >= 0.3 is 0 Å². The summed E-state index contributed by atoms with van der Waals surface area (Å²) >= 11 is 0. The monoisotopic (exact) mass is 529 g/mol. The van der Waals surface area contributed by atoms with Crippen LogP contribution in [0.3, 0.4) is 0 Å². The molecule has 0 saturated carbocycles. The molecule has 2 aliphatic rings. The molecule has 1 aliphatic heterocycles. The van der Waals surface area contributed by atoms with E-state index in [9.17, 15) is 4.39 Å². The van der Waals surface area contributed by atoms with Crippen molar-refractivity contribution in [1.82, 2.24) is 19.8 Å². The number of hydrogen-bond donors (Lipinski definition) is 1. The van der Waals surface area contributed by atoms with Crippen LogP contribution in [0.4, 0.5) is 16.0 Å². The number of benzene rings is 3. The number of anilines is 2. The maximum Gasteiger partial charge on any atom is 0.227 e. The topological polar surface area (TPSA) is 44.3 Å². The third-order valence-corrected chi connectivity index (χ3v) is 7.66. The van der Waals surface area contributed by atoms with Crippen LogP contribution in [0.5, 0.6) is 0 Å². The van der Waals surface area contributed by atoms with Gasteiger partial charge in [-0.15, -0.1) is 12.4 Å². The van der Waals surface area contributed by atoms with Gasteiger partial charge in [0.15, 0.2) is 0 Å². The second-order valence-corrected chi connectivity index (χ2v) is 10.2. The maximum absolute atomic E-state index is 14.7. The lowest BCUT2D eigenvalue weighted by Gasteiger charge is -2.32. The number of aromatic nitrogens is 2. The summed E-state index contributed by atoms with van der Waals surface area (Å²) in [7, 11) is 2.19. The first kappa shape index (κ1) is 26.3. The Kier molecular flexibility index (Phi) is 8.03. The SMILES string of the molecule is CN1CCN(CCc2cccc(Nc3ncc4c(n3)-c3ccccc3C(c3ccccc3F)C4)c2)CC1.Cl. The summed E-state index contributed by atoms with van der Waals surface area (Å²) in [6.07, 6.45) is 3.59. The van der Waals surface area contributed by atoms with Gasteiger partial charge in [0.2, 0.25) is 5.95 Å². The summed E-state index contributed by atoms with van der Waals surface area (Å²) in [5.74, 6) is 0.357. The van der Waals surface area contributed by atoms with Gasteiger partial charge in [0.05, 0.1) is 5.69 Å². The zero-order valence-electron chi connectivity index (χ0n) is 21.6. The zero-order chi connectivity index (χ0) is 25.2. The van der Waals surface area contributed by atoms with Gasteiger partial charge < -0.3 is 15.1 Å². The first-order valence-corrected chi connectivity index (χ1v) is 13.1. The standard InChI is InChI=1S/C31H32FN5.ClH/c1-36-15-17-37(18-16-36)14-13-22-7-6-8-24(19-22)34-31-33-21-23-20-28(26-10-4-5-12-29(26)32)25-9-2-3-11-27(25)30(23)35-31;/h2-12,19,21,28H,13-18,20H2,1H3,(H,33,34,35);1H. The molecule has 38 heavy (non-hydrogen) atoms. The summed E-state index contributed by atoms with van der Waals surface area (Å²) < 4.78 is 14.7. The van der Waals surface area contributed by atoms with Gasteiger partial charge in [-0.3, -0.25) is 0 Å². The quantitative estimate of drug-likeness (QED) is 0.335. The van der Waals surface area contributed by atoms with Gasteiger partial charge in [-0.1, -0.05) is 54.6 Å². The fourth-order valence-corrected chi connectivity index (χ4v) is 5.52. The van der Waals surface area contributed by atoms with E-state index in [0.29, 0.717) is 12.4 Å². The second kappa shape index (κ2) is 11.6. The third-order valence-electron chi connectivity index (χ3n) is 7.66. The molecule has 1 N–H and O–H groups in total. The van der Waals surface area contributed by atoms with Crippen molar-refractivity contribution in [2.24, 2.45) is 0 Å². The number of hydrogen-bond acceptors (Lipinski definition) is 5. The molecular formula is C31H33ClFN5. The highest BCUT2D eigenvalue weighted by Gasteiger charge is 2.29. The highest BCUT2D eigenvalue weighted by Crippen LogP contribution is 2.42. The summed E-state index contributed by atoms with van der Waals surface area (Å²) in [5.41, 5.74) is 7.13. The molecule has 0 spiro atoms. The Labute approximate surface area is 230 Å². The molecule has 5 nitrogen and oxygen atoms in total. The molecule has 7 heteroatoms. The average Bonchev–Trinajstić information content (AvgIpc) is 2.93. The molecule has 1 fully saturated rings. The van der Waals surface area contributed by atoms with E-state index >= 15 is 0 Å². The average molecular weight is 530 g/mol. The van der Waals surface area contributed by atoms with E-state index in [2.05, 4.69) is 63.5 Å². The van der Waals surface area contributed by atoms with Crippen molar-refractivity contribution in [3.63, 3.8) is 0 Å². The van der Waals surface area contributed by atoms with Crippen LogP contribution in [-0.2, 0) is 12.8 Å². The van der Waals surface area contributed by atoms with E-state index in [1.54, 1.807) is 6.07 Å². The van der Waals surface area contributed by atoms with Crippen LogP contribution in [0.2, 0.25) is 0 Å². The Morgan fingerprint density at radius 2 is 1.68 bits per heavy atom. The minimum Gasteiger partial charge on any atom is -0.324 e. The molecule has 0 amide bonds. The van der Waals surface area contributed by atoms with Gasteiger partial charge in [0.1, 0.15) is 5.82 Å². The van der Waals surface area contributed by atoms with Gasteiger partial charge in [0.25, 0.3) is 0 Å². The number of rotatable bonds is 6. The van der Waals surface area contributed by atoms with Gasteiger partial charge in [0, 0.05) is 56.1 Å². The smallest absolute Gasteiger partial charge is 0.227 e. The fraction of sp³-hybridized carbons (Fsp3) is 0.290. The molecule has 4 aromatic rings. The van der Waals surface area contributed by atoms with Gasteiger partial charge in [-0.2, -0.15) is 0 Å². The third kappa shape index (κ3) is 5.58. The molecule has 2 heterocycles. The number of likely N-dealkylation sites (N-methyl/N-ethyl adjacent to an activating group) is 1. The molecule has 196 valence electrons. The van der Waals surface area contributed by atoms with Crippen LogP contribution in [0, 0.1) is 5.82 Å². The van der Waals surface area contributed by atoms with Crippen molar-refractivity contribution >= 4 is 24.0 Å². The Morgan fingerprint density at radius 3 is 2.50 bits per heavy atom. The summed E-state index contributed by atoms with van der Waals surface area (Å²) in [6.45, 7) is 5.63. The van der Waals surface area contributed by atoms with Gasteiger partial charge in [-0.05, 0) is 60.3 Å². The van der Waals surface area contributed by atoms with E-state index in [4.69, 9.17) is 4.98 Å². The maximum atomic E-state index is 14.7. The molecule has 1 unspecified atom stereocenters. The lowest BCUT2D eigenvalue weighted by atomic mass is 9.78. The van der Waals surface area contributed by atoms with Crippen molar-refractivity contribution in [2.75, 3.05) is 45.1 Å². The van der Waals surface area contributed by atoms with E-state index in [1.807, 2.05) is 30.5 Å². The Bertz CT molecular complexity index is 1400. The van der Waals surface area contributed by atoms with E-state index in [1.165, 1.54) is 11.6 Å². The number of nitrogens with one attached hydrogen (secondary N) is 1. The Balaban J connectivity index is 0.00000294. The minimum absolute atomic E-state index is 0. The summed E-state index contributed by atoms with van der Waals surface area (Å²) in [4.78, 5) is 14.5. The molecule has 3 aromatic carbocycles. The highest BCUT2D eigenvalue weighted by atomic mass is 35.5. The zero-order valence-corrected chi connectivity index (χ0v) is 22.4. The van der Waals surface area contributed by atoms with Crippen LogP contribution in [-0.4, -0.2) is 59.5 Å². The fourth-order valence-electron chi connectivity index (χ4n) is 5.52. The summed E-state index contributed by atoms with van der Waals surface area (Å²) in [6, 6.07) is 23.8. The Hall–Kier alpha value is -3.32. The Morgan fingerprint density at radius 1 is 0.921 bits per heavy atom. The number of nitrogens with zero attached hydrogens (tertiary/aromatic N) is 4. The van der Waals surface area contributed by atoms with E-state index in [-0.39, 0.29) is 24.1 Å². The lowest BCUT2D eigenvalue weighted by Crippen LogP contribution is -2.45. The highest BCUT2D eigenvalue weighted by molar-refractivity contribution is 5.85. The molecule has 1 atom stereocenters. The van der Waals surface area contributed by atoms with E-state index in [0.717, 1.165) is 72.8 Å². The molecule has 6 rings (SSSR count). The van der Waals surface area contributed by atoms with Crippen LogP contribution in [0.15, 0.2) is 79.0 Å². The molecule has 0 radical (unpaired) electrons. The van der Waals surface area contributed by atoms with Crippen LogP contribution >= 0.6 is 12.4 Å². The van der Waals surface area contributed by atoms with Gasteiger partial charge in [-0.25, -0.2) is 14.4 Å². The normalized spacial score (nSPS) is 17.3. The van der Waals surface area contributed by atoms with Crippen molar-refractivity contribution in [2.45, 2.75) is 18.8 Å². The molecular weight excluding hydrogens is 497 g/mol. The number of fused-ring (bicyclic) bond motifs is 3. The minimum atomic E-state index is -0.169. The van der Waals surface area contributed by atoms with Crippen molar-refractivity contribution in [3.8, 4) is 11.3 Å². The van der Waals surface area contributed by atoms with E-state index < -0.39 is 0 Å². The van der Waals surface area contributed by atoms with Crippen molar-refractivity contribution in [3.05, 3.63) is 107 Å². The number of halogens is 2. The van der Waals surface area contributed by atoms with Crippen molar-refractivity contribution in [1.29, 1.82) is 0 Å². The number of piperazine rings is 1. The first-order valence-electron chi connectivity index (χ1n) is 13.1.